The summed E-state index contributed by atoms with van der Waals surface area (Å²) >= 11 is 0. The van der Waals surface area contributed by atoms with Gasteiger partial charge in [-0.1, -0.05) is 6.42 Å². The Morgan fingerprint density at radius 3 is 2.71 bits per heavy atom. The number of halogens is 1. The Labute approximate surface area is 101 Å². The van der Waals surface area contributed by atoms with Crippen molar-refractivity contribution in [2.24, 2.45) is 5.73 Å². The second-order valence-electron chi connectivity index (χ2n) is 4.76. The number of nitrogens with zero attached hydrogens (tertiary/aromatic N) is 1. The van der Waals surface area contributed by atoms with Crippen molar-refractivity contribution in [2.75, 3.05) is 7.05 Å². The zero-order valence-electron chi connectivity index (χ0n) is 10.0. The van der Waals surface area contributed by atoms with Crippen LogP contribution in [0.3, 0.4) is 0 Å². The third kappa shape index (κ3) is 2.82. The fourth-order valence-electron chi connectivity index (χ4n) is 2.14. The fourth-order valence-corrected chi connectivity index (χ4v) is 2.14. The van der Waals surface area contributed by atoms with Crippen molar-refractivity contribution in [3.05, 3.63) is 35.1 Å². The van der Waals surface area contributed by atoms with Crippen LogP contribution in [-0.4, -0.2) is 23.8 Å². The molecule has 2 rings (SSSR count). The van der Waals surface area contributed by atoms with Crippen LogP contribution in [-0.2, 0) is 6.54 Å². The van der Waals surface area contributed by atoms with E-state index in [1.54, 1.807) is 6.07 Å². The Morgan fingerprint density at radius 2 is 2.18 bits per heavy atom. The van der Waals surface area contributed by atoms with Crippen LogP contribution >= 0.6 is 0 Å². The smallest absolute Gasteiger partial charge is 0.124 e. The van der Waals surface area contributed by atoms with E-state index in [2.05, 4.69) is 11.9 Å². The predicted molar refractivity (Wildman–Crippen MR) is 66.5 cm³/mol. The van der Waals surface area contributed by atoms with Gasteiger partial charge in [-0.2, -0.15) is 0 Å². The van der Waals surface area contributed by atoms with Crippen LogP contribution in [0.1, 0.15) is 30.4 Å². The summed E-state index contributed by atoms with van der Waals surface area (Å²) in [5, 5.41) is 7.34. The third-order valence-corrected chi connectivity index (χ3v) is 3.40. The summed E-state index contributed by atoms with van der Waals surface area (Å²) in [6.07, 6.45) is 3.74. The molecule has 1 aromatic rings. The highest BCUT2D eigenvalue weighted by Gasteiger charge is 2.21. The molecule has 0 bridgehead atoms. The van der Waals surface area contributed by atoms with Gasteiger partial charge in [0.05, 0.1) is 0 Å². The Morgan fingerprint density at radius 1 is 1.47 bits per heavy atom. The van der Waals surface area contributed by atoms with Crippen molar-refractivity contribution in [1.29, 1.82) is 5.41 Å². The van der Waals surface area contributed by atoms with Crippen LogP contribution in [0.5, 0.6) is 0 Å². The van der Waals surface area contributed by atoms with Gasteiger partial charge in [-0.3, -0.25) is 10.3 Å². The number of hydrogen-bond donors (Lipinski definition) is 2. The van der Waals surface area contributed by atoms with Gasteiger partial charge >= 0.3 is 0 Å². The number of rotatable bonds is 4. The van der Waals surface area contributed by atoms with Crippen LogP contribution in [0, 0.1) is 11.2 Å². The summed E-state index contributed by atoms with van der Waals surface area (Å²) < 4.78 is 13.4. The van der Waals surface area contributed by atoms with Crippen LogP contribution in [0.4, 0.5) is 4.39 Å². The van der Waals surface area contributed by atoms with Crippen molar-refractivity contribution in [3.63, 3.8) is 0 Å². The molecule has 1 aliphatic rings. The van der Waals surface area contributed by atoms with E-state index < -0.39 is 0 Å². The lowest BCUT2D eigenvalue weighted by atomic mass is 9.91. The Bertz CT molecular complexity index is 427. The van der Waals surface area contributed by atoms with Crippen molar-refractivity contribution in [1.82, 2.24) is 4.90 Å². The molecule has 17 heavy (non-hydrogen) atoms. The minimum absolute atomic E-state index is 0.0861. The summed E-state index contributed by atoms with van der Waals surface area (Å²) in [5.41, 5.74) is 6.72. The Balaban J connectivity index is 2.11. The number of nitrogens with two attached hydrogens (primary N) is 1. The molecule has 0 unspecified atom stereocenters. The first-order valence-corrected chi connectivity index (χ1v) is 5.90. The summed E-state index contributed by atoms with van der Waals surface area (Å²) in [5.74, 6) is -0.410. The van der Waals surface area contributed by atoms with Crippen LogP contribution in [0.2, 0.25) is 0 Å². The van der Waals surface area contributed by atoms with Gasteiger partial charge in [0.25, 0.3) is 0 Å². The molecule has 92 valence electrons. The maximum absolute atomic E-state index is 13.4. The normalized spacial score (nSPS) is 15.9. The molecule has 1 aromatic carbocycles. The number of hydrogen-bond acceptors (Lipinski definition) is 2. The van der Waals surface area contributed by atoms with Gasteiger partial charge in [0.1, 0.15) is 11.7 Å². The van der Waals surface area contributed by atoms with Crippen molar-refractivity contribution >= 4 is 5.84 Å². The largest absolute Gasteiger partial charge is 0.384 e. The van der Waals surface area contributed by atoms with E-state index >= 15 is 0 Å². The van der Waals surface area contributed by atoms with E-state index in [-0.39, 0.29) is 11.7 Å². The van der Waals surface area contributed by atoms with Crippen molar-refractivity contribution in [2.45, 2.75) is 31.8 Å². The molecule has 1 fully saturated rings. The standard InChI is InChI=1S/C13H18FN3/c1-17(12-3-2-4-12)8-9-5-10(13(15)16)7-11(14)6-9/h5-7,12H,2-4,8H2,1H3,(H3,15,16). The zero-order valence-corrected chi connectivity index (χ0v) is 10.0. The molecule has 0 atom stereocenters. The van der Waals surface area contributed by atoms with Gasteiger partial charge in [0.2, 0.25) is 0 Å². The van der Waals surface area contributed by atoms with Gasteiger partial charge in [-0.05, 0) is 43.7 Å². The average molecular weight is 235 g/mol. The second kappa shape index (κ2) is 4.84. The van der Waals surface area contributed by atoms with Gasteiger partial charge in [0, 0.05) is 18.2 Å². The summed E-state index contributed by atoms with van der Waals surface area (Å²) in [7, 11) is 2.06. The van der Waals surface area contributed by atoms with Gasteiger partial charge in [0.15, 0.2) is 0 Å². The monoisotopic (exact) mass is 235 g/mol. The topological polar surface area (TPSA) is 53.1 Å². The Hall–Kier alpha value is -1.42. The number of nitrogens with one attached hydrogen (secondary N) is 1. The fraction of sp³-hybridized carbons (Fsp3) is 0.462. The summed E-state index contributed by atoms with van der Waals surface area (Å²) in [6, 6.07) is 5.23. The van der Waals surface area contributed by atoms with Crippen molar-refractivity contribution < 1.29 is 4.39 Å². The molecule has 0 radical (unpaired) electrons. The summed E-state index contributed by atoms with van der Waals surface area (Å²) in [4.78, 5) is 2.24. The van der Waals surface area contributed by atoms with Crippen LogP contribution in [0.15, 0.2) is 18.2 Å². The molecule has 0 spiro atoms. The number of nitrogen functional groups attached to an aromatic ring is 1. The van der Waals surface area contributed by atoms with Crippen LogP contribution in [0.25, 0.3) is 0 Å². The highest BCUT2D eigenvalue weighted by Crippen LogP contribution is 2.25. The minimum atomic E-state index is -0.324. The zero-order chi connectivity index (χ0) is 12.4. The van der Waals surface area contributed by atoms with E-state index in [4.69, 9.17) is 11.1 Å². The lowest BCUT2D eigenvalue weighted by Gasteiger charge is -2.34. The minimum Gasteiger partial charge on any atom is -0.384 e. The lowest BCUT2D eigenvalue weighted by molar-refractivity contribution is 0.152. The lowest BCUT2D eigenvalue weighted by Crippen LogP contribution is -2.36. The van der Waals surface area contributed by atoms with E-state index in [0.29, 0.717) is 18.2 Å². The molecular formula is C13H18FN3. The maximum Gasteiger partial charge on any atom is 0.124 e. The first kappa shape index (κ1) is 12.0. The molecule has 0 saturated heterocycles. The molecule has 4 heteroatoms. The third-order valence-electron chi connectivity index (χ3n) is 3.40. The van der Waals surface area contributed by atoms with Crippen molar-refractivity contribution in [3.8, 4) is 0 Å². The first-order chi connectivity index (χ1) is 8.06. The molecule has 3 N–H and O–H groups in total. The van der Waals surface area contributed by atoms with Crippen LogP contribution < -0.4 is 5.73 Å². The average Bonchev–Trinajstić information content (AvgIpc) is 2.13. The molecule has 0 amide bonds. The highest BCUT2D eigenvalue weighted by molar-refractivity contribution is 5.95. The van der Waals surface area contributed by atoms with E-state index in [9.17, 15) is 4.39 Å². The molecule has 1 aliphatic carbocycles. The van der Waals surface area contributed by atoms with E-state index in [1.165, 1.54) is 31.4 Å². The molecular weight excluding hydrogens is 217 g/mol. The van der Waals surface area contributed by atoms with E-state index in [1.807, 2.05) is 0 Å². The Kier molecular flexibility index (Phi) is 3.43. The van der Waals surface area contributed by atoms with Gasteiger partial charge in [-0.25, -0.2) is 4.39 Å². The number of amidine groups is 1. The number of benzene rings is 1. The van der Waals surface area contributed by atoms with Gasteiger partial charge < -0.3 is 5.73 Å². The molecule has 0 aromatic heterocycles. The quantitative estimate of drug-likeness (QED) is 0.620. The first-order valence-electron chi connectivity index (χ1n) is 5.90. The maximum atomic E-state index is 13.4. The SMILES string of the molecule is CN(Cc1cc(F)cc(C(=N)N)c1)C1CCC1. The molecule has 0 heterocycles. The molecule has 1 saturated carbocycles. The molecule has 0 aliphatic heterocycles. The highest BCUT2D eigenvalue weighted by atomic mass is 19.1. The molecule has 3 nitrogen and oxygen atoms in total. The van der Waals surface area contributed by atoms with Gasteiger partial charge in [-0.15, -0.1) is 0 Å². The predicted octanol–water partition coefficient (Wildman–Crippen LogP) is 2.09. The second-order valence-corrected chi connectivity index (χ2v) is 4.76. The van der Waals surface area contributed by atoms with E-state index in [0.717, 1.165) is 5.56 Å². The summed E-state index contributed by atoms with van der Waals surface area (Å²) in [6.45, 7) is 0.711.